The van der Waals surface area contributed by atoms with Crippen molar-refractivity contribution in [1.29, 1.82) is 0 Å². The third-order valence-electron chi connectivity index (χ3n) is 6.64. The highest BCUT2D eigenvalue weighted by molar-refractivity contribution is 5.93. The highest BCUT2D eigenvalue weighted by atomic mass is 16.5. The molecule has 0 saturated carbocycles. The molecule has 152 valence electrons. The highest BCUT2D eigenvalue weighted by Gasteiger charge is 2.63. The topological polar surface area (TPSA) is 89.5 Å². The van der Waals surface area contributed by atoms with Gasteiger partial charge in [-0.05, 0) is 31.4 Å². The van der Waals surface area contributed by atoms with Crippen molar-refractivity contribution in [3.05, 3.63) is 42.0 Å². The Hall–Kier alpha value is -2.74. The Morgan fingerprint density at radius 2 is 2.21 bits per heavy atom. The van der Waals surface area contributed by atoms with Crippen molar-refractivity contribution in [2.75, 3.05) is 31.6 Å². The van der Waals surface area contributed by atoms with Crippen molar-refractivity contribution in [1.82, 2.24) is 20.3 Å². The number of rotatable bonds is 5. The van der Waals surface area contributed by atoms with Crippen LogP contribution in [0.3, 0.4) is 0 Å². The van der Waals surface area contributed by atoms with Crippen molar-refractivity contribution in [3.8, 4) is 5.75 Å². The van der Waals surface area contributed by atoms with Crippen molar-refractivity contribution in [2.24, 2.45) is 11.8 Å². The molecule has 5 rings (SSSR count). The summed E-state index contributed by atoms with van der Waals surface area (Å²) in [6, 6.07) is 3.75. The molecule has 0 unspecified atom stereocenters. The number of carbonyl (C=O) groups excluding carboxylic acids is 1. The quantitative estimate of drug-likeness (QED) is 0.822. The second-order valence-electron chi connectivity index (χ2n) is 8.21. The molecule has 1 spiro atoms. The molecule has 0 aromatic carbocycles. The highest BCUT2D eigenvalue weighted by Crippen LogP contribution is 2.54. The molecule has 0 aliphatic carbocycles. The lowest BCUT2D eigenvalue weighted by atomic mass is 9.73. The summed E-state index contributed by atoms with van der Waals surface area (Å²) in [5, 5.41) is 3.10. The van der Waals surface area contributed by atoms with E-state index in [2.05, 4.69) is 25.2 Å². The number of nitrogens with one attached hydrogen (secondary N) is 1. The fourth-order valence-corrected chi connectivity index (χ4v) is 5.21. The summed E-state index contributed by atoms with van der Waals surface area (Å²) in [6.07, 6.45) is 7.35. The molecule has 4 atom stereocenters. The van der Waals surface area contributed by atoms with E-state index in [0.717, 1.165) is 31.5 Å². The maximum atomic E-state index is 12.6. The molecule has 0 radical (unpaired) electrons. The van der Waals surface area contributed by atoms with E-state index >= 15 is 0 Å². The van der Waals surface area contributed by atoms with Gasteiger partial charge in [0.15, 0.2) is 5.75 Å². The maximum absolute atomic E-state index is 12.6. The molecular formula is C21H25N5O3. The van der Waals surface area contributed by atoms with Crippen LogP contribution in [0.15, 0.2) is 30.7 Å². The monoisotopic (exact) mass is 395 g/mol. The number of pyridine rings is 1. The first-order valence-corrected chi connectivity index (χ1v) is 10.1. The third kappa shape index (κ3) is 3.02. The second-order valence-corrected chi connectivity index (χ2v) is 8.21. The summed E-state index contributed by atoms with van der Waals surface area (Å²) in [6.45, 7) is 4.14. The van der Waals surface area contributed by atoms with Gasteiger partial charge in [0.05, 0.1) is 37.8 Å². The number of aryl methyl sites for hydroxylation is 1. The van der Waals surface area contributed by atoms with Crippen molar-refractivity contribution in [2.45, 2.75) is 31.5 Å². The van der Waals surface area contributed by atoms with Gasteiger partial charge >= 0.3 is 0 Å². The largest absolute Gasteiger partial charge is 0.494 e. The molecule has 2 aromatic heterocycles. The van der Waals surface area contributed by atoms with Gasteiger partial charge in [-0.2, -0.15) is 0 Å². The molecule has 2 aromatic rings. The number of fused-ring (bicyclic) bond motifs is 1. The summed E-state index contributed by atoms with van der Waals surface area (Å²) in [5.74, 6) is 1.88. The first kappa shape index (κ1) is 18.3. The molecule has 2 bridgehead atoms. The number of ether oxygens (including phenoxy) is 2. The van der Waals surface area contributed by atoms with Crippen LogP contribution in [0, 0.1) is 18.8 Å². The lowest BCUT2D eigenvalue weighted by molar-refractivity contribution is 0.0141. The van der Waals surface area contributed by atoms with Crippen molar-refractivity contribution >= 4 is 11.9 Å². The summed E-state index contributed by atoms with van der Waals surface area (Å²) in [4.78, 5) is 27.9. The van der Waals surface area contributed by atoms with Crippen LogP contribution in [0.1, 0.15) is 28.9 Å². The summed E-state index contributed by atoms with van der Waals surface area (Å²) < 4.78 is 11.6. The number of aromatic nitrogens is 3. The fraction of sp³-hybridized carbons (Fsp3) is 0.524. The fourth-order valence-electron chi connectivity index (χ4n) is 5.21. The number of carbonyl (C=O) groups is 1. The zero-order valence-corrected chi connectivity index (χ0v) is 16.7. The van der Waals surface area contributed by atoms with Gasteiger partial charge in [-0.15, -0.1) is 0 Å². The standard InChI is InChI=1S/C21H25N5O3/c1-13-4-3-7-22-18(13)19(27)23-10-15-16-11-26(12-21(16)6-5-17(15)29-21)20-24-8-14(28-2)9-25-20/h3-4,7-9,15-17H,5-6,10-12H2,1-2H3,(H,23,27)/t15-,16+,17+,21+/m0/s1. The smallest absolute Gasteiger partial charge is 0.270 e. The first-order valence-electron chi connectivity index (χ1n) is 10.1. The molecule has 3 saturated heterocycles. The number of anilines is 1. The predicted molar refractivity (Wildman–Crippen MR) is 106 cm³/mol. The zero-order chi connectivity index (χ0) is 20.0. The van der Waals surface area contributed by atoms with E-state index < -0.39 is 0 Å². The summed E-state index contributed by atoms with van der Waals surface area (Å²) in [5.41, 5.74) is 1.23. The minimum atomic E-state index is -0.149. The average Bonchev–Trinajstić information content (AvgIpc) is 3.41. The van der Waals surface area contributed by atoms with Crippen LogP contribution < -0.4 is 15.0 Å². The van der Waals surface area contributed by atoms with Gasteiger partial charge in [0.1, 0.15) is 5.69 Å². The van der Waals surface area contributed by atoms with E-state index in [1.165, 1.54) is 0 Å². The van der Waals surface area contributed by atoms with Crippen LogP contribution in [-0.4, -0.2) is 59.3 Å². The lowest BCUT2D eigenvalue weighted by Gasteiger charge is -2.29. The van der Waals surface area contributed by atoms with Gasteiger partial charge in [-0.25, -0.2) is 9.97 Å². The Labute approximate surface area is 169 Å². The Balaban J connectivity index is 1.29. The molecule has 1 amide bonds. The minimum Gasteiger partial charge on any atom is -0.494 e. The third-order valence-corrected chi connectivity index (χ3v) is 6.64. The normalized spacial score (nSPS) is 29.7. The summed E-state index contributed by atoms with van der Waals surface area (Å²) in [7, 11) is 1.61. The van der Waals surface area contributed by atoms with E-state index in [-0.39, 0.29) is 17.6 Å². The van der Waals surface area contributed by atoms with Crippen LogP contribution >= 0.6 is 0 Å². The molecular weight excluding hydrogens is 370 g/mol. The van der Waals surface area contributed by atoms with E-state index in [9.17, 15) is 4.79 Å². The Bertz CT molecular complexity index is 921. The van der Waals surface area contributed by atoms with Crippen LogP contribution in [0.2, 0.25) is 0 Å². The van der Waals surface area contributed by atoms with Crippen LogP contribution in [0.4, 0.5) is 5.95 Å². The number of nitrogens with zero attached hydrogens (tertiary/aromatic N) is 4. The van der Waals surface area contributed by atoms with E-state index in [0.29, 0.717) is 35.8 Å². The van der Waals surface area contributed by atoms with Gasteiger partial charge in [0.25, 0.3) is 5.91 Å². The van der Waals surface area contributed by atoms with Gasteiger partial charge in [0, 0.05) is 31.1 Å². The zero-order valence-electron chi connectivity index (χ0n) is 16.7. The number of amides is 1. The van der Waals surface area contributed by atoms with Gasteiger partial charge in [-0.1, -0.05) is 6.07 Å². The molecule has 3 aliphatic heterocycles. The molecule has 29 heavy (non-hydrogen) atoms. The predicted octanol–water partition coefficient (Wildman–Crippen LogP) is 1.60. The Morgan fingerprint density at radius 3 is 2.97 bits per heavy atom. The Kier molecular flexibility index (Phi) is 4.38. The Morgan fingerprint density at radius 1 is 1.38 bits per heavy atom. The molecule has 8 nitrogen and oxygen atoms in total. The number of hydrogen-bond acceptors (Lipinski definition) is 7. The van der Waals surface area contributed by atoms with E-state index in [1.54, 1.807) is 25.7 Å². The van der Waals surface area contributed by atoms with Gasteiger partial charge in [0.2, 0.25) is 5.95 Å². The first-order chi connectivity index (χ1) is 14.1. The molecule has 8 heteroatoms. The van der Waals surface area contributed by atoms with Crippen LogP contribution in [-0.2, 0) is 4.74 Å². The number of methoxy groups -OCH3 is 1. The minimum absolute atomic E-state index is 0.117. The lowest BCUT2D eigenvalue weighted by Crippen LogP contribution is -2.42. The summed E-state index contributed by atoms with van der Waals surface area (Å²) >= 11 is 0. The molecule has 5 heterocycles. The maximum Gasteiger partial charge on any atom is 0.270 e. The van der Waals surface area contributed by atoms with E-state index in [1.807, 2.05) is 19.1 Å². The van der Waals surface area contributed by atoms with Crippen molar-refractivity contribution < 1.29 is 14.3 Å². The van der Waals surface area contributed by atoms with Crippen LogP contribution in [0.25, 0.3) is 0 Å². The van der Waals surface area contributed by atoms with E-state index in [4.69, 9.17) is 9.47 Å². The number of hydrogen-bond donors (Lipinski definition) is 1. The van der Waals surface area contributed by atoms with Crippen molar-refractivity contribution in [3.63, 3.8) is 0 Å². The molecule has 1 N–H and O–H groups in total. The second kappa shape index (κ2) is 6.95. The van der Waals surface area contributed by atoms with Gasteiger partial charge < -0.3 is 19.7 Å². The molecule has 3 fully saturated rings. The average molecular weight is 395 g/mol. The van der Waals surface area contributed by atoms with Gasteiger partial charge in [-0.3, -0.25) is 9.78 Å². The molecule has 3 aliphatic rings. The van der Waals surface area contributed by atoms with Crippen LogP contribution in [0.5, 0.6) is 5.75 Å². The SMILES string of the molecule is COc1cnc(N2C[C@@H]3[C@H](CNC(=O)c4ncccc4C)[C@H]4CC[C@]3(C2)O4)nc1.